The van der Waals surface area contributed by atoms with Crippen molar-refractivity contribution in [1.29, 1.82) is 0 Å². The average molecular weight is 391 g/mol. The van der Waals surface area contributed by atoms with Crippen LogP contribution >= 0.6 is 0 Å². The van der Waals surface area contributed by atoms with Crippen LogP contribution in [-0.2, 0) is 10.0 Å². The number of hydrogen-bond acceptors (Lipinski definition) is 3. The van der Waals surface area contributed by atoms with E-state index in [9.17, 15) is 13.2 Å². The summed E-state index contributed by atoms with van der Waals surface area (Å²) in [4.78, 5) is 13.0. The minimum Gasteiger partial charge on any atom is -0.294 e. The molecular formula is C23H21NO3S. The van der Waals surface area contributed by atoms with Gasteiger partial charge in [0.05, 0.1) is 16.6 Å². The van der Waals surface area contributed by atoms with E-state index in [-0.39, 0.29) is 17.1 Å². The van der Waals surface area contributed by atoms with Crippen molar-refractivity contribution in [2.24, 2.45) is 0 Å². The van der Waals surface area contributed by atoms with Crippen LogP contribution in [0.25, 0.3) is 0 Å². The maximum atomic E-state index is 13.7. The molecule has 0 unspecified atom stereocenters. The van der Waals surface area contributed by atoms with Crippen molar-refractivity contribution in [2.45, 2.75) is 31.2 Å². The molecule has 0 saturated carbocycles. The smallest absolute Gasteiger partial charge is 0.264 e. The lowest BCUT2D eigenvalue weighted by atomic mass is 9.90. The Labute approximate surface area is 165 Å². The normalized spacial score (nSPS) is 16.7. The summed E-state index contributed by atoms with van der Waals surface area (Å²) < 4.78 is 28.8. The van der Waals surface area contributed by atoms with Gasteiger partial charge in [-0.25, -0.2) is 8.42 Å². The Morgan fingerprint density at radius 3 is 2.21 bits per heavy atom. The second kappa shape index (κ2) is 6.91. The molecule has 1 heterocycles. The standard InChI is InChI=1S/C23H21NO3S/c1-16-11-13-18(14-12-16)28(26,27)24-21-10-6-5-9-20(21)23(25)15-22(24)19-8-4-3-7-17(19)2/h3-14,22H,15H2,1-2H3/t22-/m0/s1. The SMILES string of the molecule is Cc1ccc(S(=O)(=O)N2c3ccccc3C(=O)C[C@H]2c2ccccc2C)cc1. The van der Waals surface area contributed by atoms with Gasteiger partial charge in [-0.05, 0) is 49.2 Å². The summed E-state index contributed by atoms with van der Waals surface area (Å²) >= 11 is 0. The second-order valence-corrected chi connectivity index (χ2v) is 8.95. The third kappa shape index (κ3) is 3.02. The van der Waals surface area contributed by atoms with Gasteiger partial charge in [0.15, 0.2) is 5.78 Å². The number of para-hydroxylation sites is 1. The predicted molar refractivity (Wildman–Crippen MR) is 110 cm³/mol. The molecule has 28 heavy (non-hydrogen) atoms. The molecule has 0 amide bonds. The summed E-state index contributed by atoms with van der Waals surface area (Å²) in [5, 5.41) is 0. The van der Waals surface area contributed by atoms with Gasteiger partial charge in [-0.3, -0.25) is 9.10 Å². The van der Waals surface area contributed by atoms with Crippen molar-refractivity contribution >= 4 is 21.5 Å². The van der Waals surface area contributed by atoms with Crippen LogP contribution in [0, 0.1) is 13.8 Å². The van der Waals surface area contributed by atoms with Crippen molar-refractivity contribution in [1.82, 2.24) is 0 Å². The van der Waals surface area contributed by atoms with Crippen LogP contribution in [0.1, 0.15) is 39.5 Å². The fourth-order valence-electron chi connectivity index (χ4n) is 3.76. The lowest BCUT2D eigenvalue weighted by Crippen LogP contribution is -2.40. The van der Waals surface area contributed by atoms with Crippen LogP contribution in [0.2, 0.25) is 0 Å². The van der Waals surface area contributed by atoms with E-state index in [1.807, 2.05) is 38.1 Å². The highest BCUT2D eigenvalue weighted by molar-refractivity contribution is 7.92. The summed E-state index contributed by atoms with van der Waals surface area (Å²) in [5.74, 6) is -0.0424. The first-order chi connectivity index (χ1) is 13.4. The molecule has 0 saturated heterocycles. The van der Waals surface area contributed by atoms with Crippen molar-refractivity contribution in [2.75, 3.05) is 4.31 Å². The van der Waals surface area contributed by atoms with Crippen molar-refractivity contribution in [3.8, 4) is 0 Å². The van der Waals surface area contributed by atoms with Gasteiger partial charge in [-0.2, -0.15) is 0 Å². The summed E-state index contributed by atoms with van der Waals surface area (Å²) in [6.45, 7) is 3.86. The van der Waals surface area contributed by atoms with Crippen molar-refractivity contribution in [3.05, 3.63) is 95.1 Å². The fraction of sp³-hybridized carbons (Fsp3) is 0.174. The zero-order valence-electron chi connectivity index (χ0n) is 15.8. The van der Waals surface area contributed by atoms with E-state index in [0.29, 0.717) is 11.3 Å². The zero-order valence-corrected chi connectivity index (χ0v) is 16.6. The first kappa shape index (κ1) is 18.4. The Bertz CT molecular complexity index is 1150. The van der Waals surface area contributed by atoms with Crippen LogP contribution in [0.15, 0.2) is 77.7 Å². The summed E-state index contributed by atoms with van der Waals surface area (Å²) in [7, 11) is -3.85. The first-order valence-corrected chi connectivity index (χ1v) is 10.6. The Morgan fingerprint density at radius 1 is 0.857 bits per heavy atom. The minimum absolute atomic E-state index is 0.0424. The lowest BCUT2D eigenvalue weighted by Gasteiger charge is -2.38. The number of aryl methyl sites for hydroxylation is 2. The number of nitrogens with zero attached hydrogens (tertiary/aromatic N) is 1. The Balaban J connectivity index is 1.96. The highest BCUT2D eigenvalue weighted by Gasteiger charge is 2.40. The van der Waals surface area contributed by atoms with Gasteiger partial charge in [-0.15, -0.1) is 0 Å². The molecule has 1 atom stereocenters. The molecular weight excluding hydrogens is 370 g/mol. The highest BCUT2D eigenvalue weighted by atomic mass is 32.2. The number of ketones is 1. The molecule has 0 bridgehead atoms. The third-order valence-corrected chi connectivity index (χ3v) is 7.07. The quantitative estimate of drug-likeness (QED) is 0.643. The number of hydrogen-bond donors (Lipinski definition) is 0. The maximum absolute atomic E-state index is 13.7. The van der Waals surface area contributed by atoms with Gasteiger partial charge in [0.2, 0.25) is 0 Å². The summed E-state index contributed by atoms with van der Waals surface area (Å²) in [5.41, 5.74) is 3.68. The van der Waals surface area contributed by atoms with Gasteiger partial charge >= 0.3 is 0 Å². The maximum Gasteiger partial charge on any atom is 0.264 e. The first-order valence-electron chi connectivity index (χ1n) is 9.18. The Kier molecular flexibility index (Phi) is 4.55. The van der Waals surface area contributed by atoms with E-state index in [1.165, 1.54) is 4.31 Å². The molecule has 0 N–H and O–H groups in total. The van der Waals surface area contributed by atoms with Crippen LogP contribution in [0.4, 0.5) is 5.69 Å². The highest BCUT2D eigenvalue weighted by Crippen LogP contribution is 2.42. The van der Waals surface area contributed by atoms with E-state index in [1.54, 1.807) is 48.5 Å². The fourth-order valence-corrected chi connectivity index (χ4v) is 5.40. The topological polar surface area (TPSA) is 54.5 Å². The van der Waals surface area contributed by atoms with Gasteiger partial charge < -0.3 is 0 Å². The molecule has 0 aromatic heterocycles. The van der Waals surface area contributed by atoms with E-state index < -0.39 is 16.1 Å². The molecule has 3 aromatic rings. The molecule has 142 valence electrons. The summed E-state index contributed by atoms with van der Waals surface area (Å²) in [6, 6.07) is 20.8. The van der Waals surface area contributed by atoms with Gasteiger partial charge in [0.1, 0.15) is 0 Å². The largest absolute Gasteiger partial charge is 0.294 e. The molecule has 0 spiro atoms. The number of sulfonamides is 1. The molecule has 0 fully saturated rings. The van der Waals surface area contributed by atoms with E-state index >= 15 is 0 Å². The van der Waals surface area contributed by atoms with Gasteiger partial charge in [-0.1, -0.05) is 54.1 Å². The van der Waals surface area contributed by atoms with Crippen molar-refractivity contribution in [3.63, 3.8) is 0 Å². The Morgan fingerprint density at radius 2 is 1.50 bits per heavy atom. The minimum atomic E-state index is -3.85. The molecule has 0 aliphatic carbocycles. The lowest BCUT2D eigenvalue weighted by molar-refractivity contribution is 0.0969. The average Bonchev–Trinajstić information content (AvgIpc) is 2.68. The monoisotopic (exact) mass is 391 g/mol. The number of Topliss-reactive ketones (excluding diaryl/α,β-unsaturated/α-hetero) is 1. The Hall–Kier alpha value is -2.92. The molecule has 1 aliphatic rings. The molecule has 4 rings (SSSR count). The van der Waals surface area contributed by atoms with Crippen LogP contribution in [-0.4, -0.2) is 14.2 Å². The van der Waals surface area contributed by atoms with Gasteiger partial charge in [0.25, 0.3) is 10.0 Å². The number of carbonyl (C=O) groups excluding carboxylic acids is 1. The number of benzene rings is 3. The predicted octanol–water partition coefficient (Wildman–Crippen LogP) is 4.83. The number of anilines is 1. The molecule has 1 aliphatic heterocycles. The summed E-state index contributed by atoms with van der Waals surface area (Å²) in [6.07, 6.45) is 0.118. The number of carbonyl (C=O) groups is 1. The van der Waals surface area contributed by atoms with Crippen LogP contribution in [0.5, 0.6) is 0 Å². The zero-order chi connectivity index (χ0) is 19.9. The third-order valence-electron chi connectivity index (χ3n) is 5.23. The van der Waals surface area contributed by atoms with Gasteiger partial charge in [0, 0.05) is 12.0 Å². The van der Waals surface area contributed by atoms with Crippen LogP contribution in [0.3, 0.4) is 0 Å². The van der Waals surface area contributed by atoms with E-state index in [2.05, 4.69) is 0 Å². The molecule has 5 heteroatoms. The van der Waals surface area contributed by atoms with E-state index in [4.69, 9.17) is 0 Å². The van der Waals surface area contributed by atoms with Crippen LogP contribution < -0.4 is 4.31 Å². The molecule has 4 nitrogen and oxygen atoms in total. The number of rotatable bonds is 3. The van der Waals surface area contributed by atoms with E-state index in [0.717, 1.165) is 16.7 Å². The number of fused-ring (bicyclic) bond motifs is 1. The second-order valence-electron chi connectivity index (χ2n) is 7.13. The molecule has 0 radical (unpaired) electrons. The molecule has 3 aromatic carbocycles. The van der Waals surface area contributed by atoms with Crippen molar-refractivity contribution < 1.29 is 13.2 Å².